The number of benzene rings is 1. The first-order chi connectivity index (χ1) is 12.4. The van der Waals surface area contributed by atoms with E-state index < -0.39 is 0 Å². The standard InChI is InChI=1S/C21H31N3O2/c1-4-23(3)19-14-21(12-6-5-7-13-21)24(15-19)20(26)17-8-10-18(11-9-17)22-16(2)25/h8-11,19H,4-7,12-15H2,1-3H3,(H,22,25)/t19-/m0/s1. The van der Waals surface area contributed by atoms with E-state index in [4.69, 9.17) is 0 Å². The Morgan fingerprint density at radius 1 is 1.19 bits per heavy atom. The van der Waals surface area contributed by atoms with Crippen molar-refractivity contribution < 1.29 is 9.59 Å². The second kappa shape index (κ2) is 7.78. The highest BCUT2D eigenvalue weighted by molar-refractivity contribution is 5.96. The van der Waals surface area contributed by atoms with E-state index in [1.165, 1.54) is 26.2 Å². The van der Waals surface area contributed by atoms with Gasteiger partial charge in [0.1, 0.15) is 0 Å². The Hall–Kier alpha value is -1.88. The number of rotatable bonds is 4. The molecule has 1 spiro atoms. The molecule has 2 aliphatic rings. The fraction of sp³-hybridized carbons (Fsp3) is 0.619. The van der Waals surface area contributed by atoms with Crippen LogP contribution < -0.4 is 5.32 Å². The van der Waals surface area contributed by atoms with Crippen LogP contribution in [0.2, 0.25) is 0 Å². The van der Waals surface area contributed by atoms with Crippen molar-refractivity contribution in [2.45, 2.75) is 64.0 Å². The minimum absolute atomic E-state index is 0.0275. The minimum atomic E-state index is -0.102. The van der Waals surface area contributed by atoms with Crippen LogP contribution in [0.3, 0.4) is 0 Å². The van der Waals surface area contributed by atoms with E-state index in [2.05, 4.69) is 29.1 Å². The van der Waals surface area contributed by atoms with Crippen molar-refractivity contribution in [3.05, 3.63) is 29.8 Å². The lowest BCUT2D eigenvalue weighted by Crippen LogP contribution is -2.48. The Morgan fingerprint density at radius 3 is 2.42 bits per heavy atom. The van der Waals surface area contributed by atoms with Crippen LogP contribution in [0.4, 0.5) is 5.69 Å². The molecule has 1 aliphatic carbocycles. The first kappa shape index (κ1) is 18.9. The quantitative estimate of drug-likeness (QED) is 0.897. The van der Waals surface area contributed by atoms with Crippen LogP contribution >= 0.6 is 0 Å². The van der Waals surface area contributed by atoms with E-state index in [9.17, 15) is 9.59 Å². The number of anilines is 1. The zero-order valence-electron chi connectivity index (χ0n) is 16.3. The van der Waals surface area contributed by atoms with Crippen molar-refractivity contribution in [3.63, 3.8) is 0 Å². The summed E-state index contributed by atoms with van der Waals surface area (Å²) >= 11 is 0. The van der Waals surface area contributed by atoms with Crippen LogP contribution in [0.1, 0.15) is 62.7 Å². The number of carbonyl (C=O) groups is 2. The van der Waals surface area contributed by atoms with Gasteiger partial charge in [0, 0.05) is 36.3 Å². The Balaban J connectivity index is 1.82. The van der Waals surface area contributed by atoms with E-state index >= 15 is 0 Å². The molecule has 1 aromatic rings. The van der Waals surface area contributed by atoms with E-state index in [0.717, 1.165) is 38.0 Å². The van der Waals surface area contributed by atoms with E-state index in [-0.39, 0.29) is 17.4 Å². The Bertz CT molecular complexity index is 650. The number of likely N-dealkylation sites (tertiary alicyclic amines) is 1. The predicted octanol–water partition coefficient (Wildman–Crippen LogP) is 3.51. The predicted molar refractivity (Wildman–Crippen MR) is 104 cm³/mol. The molecule has 2 fully saturated rings. The lowest BCUT2D eigenvalue weighted by Gasteiger charge is -2.41. The minimum Gasteiger partial charge on any atom is -0.331 e. The van der Waals surface area contributed by atoms with Crippen LogP contribution in [0.25, 0.3) is 0 Å². The summed E-state index contributed by atoms with van der Waals surface area (Å²) in [6.45, 7) is 5.49. The van der Waals surface area contributed by atoms with Gasteiger partial charge in [-0.1, -0.05) is 26.2 Å². The van der Waals surface area contributed by atoms with E-state index in [1.54, 1.807) is 0 Å². The van der Waals surface area contributed by atoms with E-state index in [0.29, 0.717) is 11.6 Å². The average molecular weight is 357 g/mol. The van der Waals surface area contributed by atoms with Gasteiger partial charge in [-0.15, -0.1) is 0 Å². The summed E-state index contributed by atoms with van der Waals surface area (Å²) in [6.07, 6.45) is 7.05. The van der Waals surface area contributed by atoms with Gasteiger partial charge in [0.05, 0.1) is 0 Å². The summed E-state index contributed by atoms with van der Waals surface area (Å²) in [6, 6.07) is 7.74. The molecule has 0 radical (unpaired) electrons. The maximum absolute atomic E-state index is 13.3. The monoisotopic (exact) mass is 357 g/mol. The van der Waals surface area contributed by atoms with Crippen molar-refractivity contribution in [1.82, 2.24) is 9.80 Å². The maximum atomic E-state index is 13.3. The molecule has 3 rings (SSSR count). The van der Waals surface area contributed by atoms with Crippen molar-refractivity contribution in [2.75, 3.05) is 25.5 Å². The highest BCUT2D eigenvalue weighted by Crippen LogP contribution is 2.43. The lowest BCUT2D eigenvalue weighted by molar-refractivity contribution is -0.114. The number of carbonyl (C=O) groups excluding carboxylic acids is 2. The third-order valence-electron chi connectivity index (χ3n) is 6.19. The molecule has 142 valence electrons. The normalized spacial score (nSPS) is 22.0. The van der Waals surface area contributed by atoms with Crippen LogP contribution in [0, 0.1) is 0 Å². The number of hydrogen-bond acceptors (Lipinski definition) is 3. The van der Waals surface area contributed by atoms with Crippen molar-refractivity contribution >= 4 is 17.5 Å². The van der Waals surface area contributed by atoms with Crippen molar-refractivity contribution in [2.24, 2.45) is 0 Å². The molecule has 1 atom stereocenters. The van der Waals surface area contributed by atoms with Crippen LogP contribution in [0.5, 0.6) is 0 Å². The first-order valence-corrected chi connectivity index (χ1v) is 9.85. The van der Waals surface area contributed by atoms with Crippen LogP contribution in [0.15, 0.2) is 24.3 Å². The molecule has 1 heterocycles. The Morgan fingerprint density at radius 2 is 1.85 bits per heavy atom. The first-order valence-electron chi connectivity index (χ1n) is 9.85. The molecule has 0 bridgehead atoms. The summed E-state index contributed by atoms with van der Waals surface area (Å²) in [5.41, 5.74) is 1.47. The fourth-order valence-electron chi connectivity index (χ4n) is 4.61. The van der Waals surface area contributed by atoms with Gasteiger partial charge in [0.2, 0.25) is 5.91 Å². The van der Waals surface area contributed by atoms with Gasteiger partial charge in [-0.05, 0) is 57.1 Å². The van der Waals surface area contributed by atoms with Gasteiger partial charge in [-0.2, -0.15) is 0 Å². The molecular formula is C21H31N3O2. The second-order valence-electron chi connectivity index (χ2n) is 7.89. The van der Waals surface area contributed by atoms with Gasteiger partial charge in [0.15, 0.2) is 0 Å². The number of amides is 2. The molecule has 2 amide bonds. The molecule has 1 saturated heterocycles. The maximum Gasteiger partial charge on any atom is 0.254 e. The van der Waals surface area contributed by atoms with Crippen molar-refractivity contribution in [1.29, 1.82) is 0 Å². The number of nitrogens with one attached hydrogen (secondary N) is 1. The molecule has 26 heavy (non-hydrogen) atoms. The topological polar surface area (TPSA) is 52.6 Å². The highest BCUT2D eigenvalue weighted by atomic mass is 16.2. The lowest BCUT2D eigenvalue weighted by atomic mass is 9.79. The van der Waals surface area contributed by atoms with Crippen LogP contribution in [-0.2, 0) is 4.79 Å². The molecule has 5 heteroatoms. The molecule has 0 unspecified atom stereocenters. The second-order valence-corrected chi connectivity index (χ2v) is 7.89. The summed E-state index contributed by atoms with van der Waals surface area (Å²) in [5.74, 6) is 0.0310. The molecule has 1 N–H and O–H groups in total. The van der Waals surface area contributed by atoms with Crippen molar-refractivity contribution in [3.8, 4) is 0 Å². The van der Waals surface area contributed by atoms with Gasteiger partial charge in [-0.25, -0.2) is 0 Å². The Labute approximate surface area is 156 Å². The highest BCUT2D eigenvalue weighted by Gasteiger charge is 2.48. The zero-order chi connectivity index (χ0) is 18.7. The smallest absolute Gasteiger partial charge is 0.254 e. The molecule has 1 aliphatic heterocycles. The fourth-order valence-corrected chi connectivity index (χ4v) is 4.61. The van der Waals surface area contributed by atoms with E-state index in [1.807, 2.05) is 24.3 Å². The summed E-state index contributed by atoms with van der Waals surface area (Å²) in [5, 5.41) is 2.76. The SMILES string of the molecule is CCN(C)[C@@H]1CN(C(=O)c2ccc(NC(C)=O)cc2)C2(CCCCC2)C1. The van der Waals surface area contributed by atoms with Gasteiger partial charge in [-0.3, -0.25) is 9.59 Å². The van der Waals surface area contributed by atoms with Gasteiger partial charge in [0.25, 0.3) is 5.91 Å². The van der Waals surface area contributed by atoms with Crippen LogP contribution in [-0.4, -0.2) is 53.3 Å². The zero-order valence-corrected chi connectivity index (χ0v) is 16.3. The number of nitrogens with zero attached hydrogens (tertiary/aromatic N) is 2. The third kappa shape index (κ3) is 3.78. The molecule has 0 aromatic heterocycles. The largest absolute Gasteiger partial charge is 0.331 e. The number of likely N-dealkylation sites (N-methyl/N-ethyl adjacent to an activating group) is 1. The summed E-state index contributed by atoms with van der Waals surface area (Å²) in [7, 11) is 2.16. The van der Waals surface area contributed by atoms with Gasteiger partial charge < -0.3 is 15.1 Å². The molecule has 1 saturated carbocycles. The third-order valence-corrected chi connectivity index (χ3v) is 6.19. The molecule has 1 aromatic carbocycles. The summed E-state index contributed by atoms with van der Waals surface area (Å²) < 4.78 is 0. The average Bonchev–Trinajstić information content (AvgIpc) is 3.00. The summed E-state index contributed by atoms with van der Waals surface area (Å²) in [4.78, 5) is 29.1. The molecule has 5 nitrogen and oxygen atoms in total. The van der Waals surface area contributed by atoms with Gasteiger partial charge >= 0.3 is 0 Å². The molecular weight excluding hydrogens is 326 g/mol. The number of hydrogen-bond donors (Lipinski definition) is 1. The Kier molecular flexibility index (Phi) is 5.66.